The Balaban J connectivity index is 1.09. The minimum Gasteiger partial charge on any atom is -0.308 e. The van der Waals surface area contributed by atoms with Crippen molar-refractivity contribution in [3.8, 4) is 51.2 Å². The molecule has 0 saturated heterocycles. The van der Waals surface area contributed by atoms with Gasteiger partial charge in [-0.3, -0.25) is 9.13 Å². The predicted molar refractivity (Wildman–Crippen MR) is 324 cm³/mol. The highest BCUT2D eigenvalue weighted by Gasteiger charge is 2.27. The van der Waals surface area contributed by atoms with Crippen LogP contribution in [0, 0.1) is 11.8 Å². The SMILES string of the molecule is CC1C=CC(n2c3ccccc3c3ccc4c5ccccc5n(-c5nc(-c6cc(-c7ccccc7)cc(-c7ccccc7)c6)nc(-n6c7ccccc7c7ccc8c9c(n(-c%10ccccc%10)c8c76)=CCC(C)C=9)n5)c4c32)=CC1. The number of allylic oxidation sites excluding steroid dienone is 4. The fourth-order valence-corrected chi connectivity index (χ4v) is 12.8. The van der Waals surface area contributed by atoms with Crippen LogP contribution < -0.4 is 10.6 Å². The molecule has 16 rings (SSSR count). The molecule has 5 aromatic heterocycles. The van der Waals surface area contributed by atoms with Gasteiger partial charge in [-0.2, -0.15) is 15.0 Å². The van der Waals surface area contributed by atoms with Gasteiger partial charge in [0.15, 0.2) is 5.82 Å². The molecule has 2 aliphatic carbocycles. The molecule has 0 bridgehead atoms. The first-order chi connectivity index (χ1) is 38.5. The van der Waals surface area contributed by atoms with Crippen LogP contribution in [0.25, 0.3) is 145 Å². The quantitative estimate of drug-likeness (QED) is 0.160. The van der Waals surface area contributed by atoms with Crippen LogP contribution in [0.4, 0.5) is 0 Å². The Bertz CT molecular complexity index is 4930. The molecule has 78 heavy (non-hydrogen) atoms. The number of fused-ring (bicyclic) bond motifs is 14. The lowest BCUT2D eigenvalue weighted by Gasteiger charge is -2.17. The van der Waals surface area contributed by atoms with Crippen molar-refractivity contribution in [3.05, 3.63) is 235 Å². The first-order valence-corrected chi connectivity index (χ1v) is 27.2. The minimum absolute atomic E-state index is 0.403. The van der Waals surface area contributed by atoms with Crippen molar-refractivity contribution in [1.29, 1.82) is 0 Å². The van der Waals surface area contributed by atoms with Crippen LogP contribution in [0.5, 0.6) is 0 Å². The number of rotatable bonds is 7. The van der Waals surface area contributed by atoms with E-state index in [1.807, 2.05) is 0 Å². The molecule has 0 spiro atoms. The van der Waals surface area contributed by atoms with E-state index in [4.69, 9.17) is 15.0 Å². The molecule has 2 atom stereocenters. The summed E-state index contributed by atoms with van der Waals surface area (Å²) in [4.78, 5) is 17.4. The Kier molecular flexibility index (Phi) is 9.88. The molecule has 5 heterocycles. The van der Waals surface area contributed by atoms with Gasteiger partial charge in [0.1, 0.15) is 0 Å². The number of hydrogen-bond donors (Lipinski definition) is 0. The number of para-hydroxylation sites is 4. The van der Waals surface area contributed by atoms with E-state index in [-0.39, 0.29) is 0 Å². The number of benzene rings is 9. The zero-order chi connectivity index (χ0) is 51.6. The van der Waals surface area contributed by atoms with Gasteiger partial charge >= 0.3 is 0 Å². The number of nitrogens with zero attached hydrogens (tertiary/aromatic N) is 7. The Morgan fingerprint density at radius 2 is 0.821 bits per heavy atom. The molecular weight excluding hydrogens is 951 g/mol. The molecular formula is C71H51N7. The molecule has 370 valence electrons. The lowest BCUT2D eigenvalue weighted by Crippen LogP contribution is -2.31. The van der Waals surface area contributed by atoms with E-state index in [1.165, 1.54) is 26.7 Å². The molecule has 2 unspecified atom stereocenters. The third-order valence-corrected chi connectivity index (χ3v) is 16.4. The minimum atomic E-state index is 0.403. The average Bonchev–Trinajstić information content (AvgIpc) is 4.36. The maximum absolute atomic E-state index is 5.86. The second-order valence-electron chi connectivity index (χ2n) is 21.3. The summed E-state index contributed by atoms with van der Waals surface area (Å²) >= 11 is 0. The van der Waals surface area contributed by atoms with Crippen molar-refractivity contribution < 1.29 is 0 Å². The Hall–Kier alpha value is -9.85. The summed E-state index contributed by atoms with van der Waals surface area (Å²) < 4.78 is 9.60. The van der Waals surface area contributed by atoms with E-state index in [9.17, 15) is 0 Å². The topological polar surface area (TPSA) is 58.4 Å². The fourth-order valence-electron chi connectivity index (χ4n) is 12.8. The number of aromatic nitrogens is 7. The molecule has 0 radical (unpaired) electrons. The lowest BCUT2D eigenvalue weighted by molar-refractivity contribution is 0.735. The predicted octanol–water partition coefficient (Wildman–Crippen LogP) is 16.2. The van der Waals surface area contributed by atoms with Crippen LogP contribution in [-0.2, 0) is 0 Å². The molecule has 7 nitrogen and oxygen atoms in total. The third kappa shape index (κ3) is 6.74. The highest BCUT2D eigenvalue weighted by molar-refractivity contribution is 6.24. The summed E-state index contributed by atoms with van der Waals surface area (Å²) in [6.07, 6.45) is 13.9. The standard InChI is InChI=1S/C71H51N7/c1-44-30-33-52(34-31-44)76-61-27-15-12-24-53(61)56-35-36-57-54-25-13-16-28-62(54)77(67(57)65(56)76)70-72-69(50-42-48(46-18-6-3-7-19-46)41-49(43-50)47-20-8-4-9-21-47)73-71(74-70)78-63-29-17-14-26-55(63)58-37-38-59-60-40-45(2)32-39-64(60)75(66(59)68(58)78)51-22-10-5-11-23-51/h3-30,33-45H,31-32H2,1-2H3. The van der Waals surface area contributed by atoms with Crippen LogP contribution in [0.1, 0.15) is 26.7 Å². The maximum atomic E-state index is 5.86. The zero-order valence-corrected chi connectivity index (χ0v) is 43.2. The van der Waals surface area contributed by atoms with E-state index in [1.54, 1.807) is 0 Å². The maximum Gasteiger partial charge on any atom is 0.240 e. The first kappa shape index (κ1) is 44.4. The van der Waals surface area contributed by atoms with E-state index >= 15 is 0 Å². The van der Waals surface area contributed by atoms with Gasteiger partial charge in [0, 0.05) is 65.2 Å². The molecule has 2 aliphatic rings. The second-order valence-corrected chi connectivity index (χ2v) is 21.3. The average molecular weight is 1000 g/mol. The number of hydrogen-bond acceptors (Lipinski definition) is 3. The molecule has 0 aliphatic heterocycles. The largest absolute Gasteiger partial charge is 0.308 e. The van der Waals surface area contributed by atoms with Gasteiger partial charge in [0.2, 0.25) is 11.9 Å². The van der Waals surface area contributed by atoms with Crippen LogP contribution in [0.15, 0.2) is 224 Å². The van der Waals surface area contributed by atoms with E-state index in [2.05, 4.69) is 269 Å². The van der Waals surface area contributed by atoms with Gasteiger partial charge in [-0.25, -0.2) is 0 Å². The van der Waals surface area contributed by atoms with Gasteiger partial charge < -0.3 is 9.13 Å². The molecule has 0 N–H and O–H groups in total. The van der Waals surface area contributed by atoms with Gasteiger partial charge in [-0.05, 0) is 102 Å². The van der Waals surface area contributed by atoms with Crippen LogP contribution in [-0.4, -0.2) is 33.2 Å². The van der Waals surface area contributed by atoms with Gasteiger partial charge in [0.25, 0.3) is 0 Å². The van der Waals surface area contributed by atoms with Gasteiger partial charge in [-0.15, -0.1) is 0 Å². The van der Waals surface area contributed by atoms with Crippen molar-refractivity contribution in [3.63, 3.8) is 0 Å². The summed E-state index contributed by atoms with van der Waals surface area (Å²) in [5, 5.41) is 10.6. The van der Waals surface area contributed by atoms with Gasteiger partial charge in [-0.1, -0.05) is 196 Å². The summed E-state index contributed by atoms with van der Waals surface area (Å²) in [6.45, 7) is 4.60. The van der Waals surface area contributed by atoms with Crippen molar-refractivity contribution >= 4 is 94.2 Å². The smallest absolute Gasteiger partial charge is 0.240 e. The molecule has 0 saturated carbocycles. The van der Waals surface area contributed by atoms with Crippen LogP contribution in [0.3, 0.4) is 0 Å². The van der Waals surface area contributed by atoms with Crippen molar-refractivity contribution in [2.24, 2.45) is 11.8 Å². The summed E-state index contributed by atoms with van der Waals surface area (Å²) in [7, 11) is 0. The Morgan fingerprint density at radius 3 is 1.36 bits per heavy atom. The normalized spacial score (nSPS) is 15.4. The van der Waals surface area contributed by atoms with Crippen molar-refractivity contribution in [2.45, 2.75) is 26.7 Å². The van der Waals surface area contributed by atoms with E-state index in [0.717, 1.165) is 112 Å². The summed E-state index contributed by atoms with van der Waals surface area (Å²) in [6, 6.07) is 74.5. The highest BCUT2D eigenvalue weighted by atomic mass is 15.3. The summed E-state index contributed by atoms with van der Waals surface area (Å²) in [5.41, 5.74) is 15.0. The van der Waals surface area contributed by atoms with E-state index in [0.29, 0.717) is 29.6 Å². The third-order valence-electron chi connectivity index (χ3n) is 16.4. The van der Waals surface area contributed by atoms with Crippen LogP contribution >= 0.6 is 0 Å². The zero-order valence-electron chi connectivity index (χ0n) is 43.2. The monoisotopic (exact) mass is 1000 g/mol. The van der Waals surface area contributed by atoms with Gasteiger partial charge in [0.05, 0.1) is 38.6 Å². The molecule has 14 aromatic rings. The van der Waals surface area contributed by atoms with Crippen molar-refractivity contribution in [1.82, 2.24) is 33.2 Å². The lowest BCUT2D eigenvalue weighted by atomic mass is 9.96. The van der Waals surface area contributed by atoms with Crippen molar-refractivity contribution in [2.75, 3.05) is 0 Å². The fraction of sp³-hybridized carbons (Fsp3) is 0.0845. The molecule has 0 fully saturated rings. The van der Waals surface area contributed by atoms with E-state index < -0.39 is 0 Å². The first-order valence-electron chi connectivity index (χ1n) is 27.2. The Labute approximate surface area is 449 Å². The molecule has 7 heteroatoms. The second kappa shape index (κ2) is 17.3. The summed E-state index contributed by atoms with van der Waals surface area (Å²) in [5.74, 6) is 2.50. The highest BCUT2D eigenvalue weighted by Crippen LogP contribution is 2.44. The van der Waals surface area contributed by atoms with Crippen LogP contribution in [0.2, 0.25) is 0 Å². The Morgan fingerprint density at radius 1 is 0.372 bits per heavy atom. The molecule has 0 amide bonds. The molecule has 9 aromatic carbocycles.